The molecule has 4 nitrogen and oxygen atoms in total. The zero-order valence-electron chi connectivity index (χ0n) is 24.9. The number of aromatic nitrogens is 1. The molecule has 4 heteroatoms. The number of fused-ring (bicyclic) bond motifs is 14. The highest BCUT2D eigenvalue weighted by Gasteiger charge is 2.25. The van der Waals surface area contributed by atoms with Gasteiger partial charge in [-0.3, -0.25) is 0 Å². The predicted molar refractivity (Wildman–Crippen MR) is 191 cm³/mol. The van der Waals surface area contributed by atoms with Crippen molar-refractivity contribution in [1.29, 1.82) is 5.26 Å². The minimum absolute atomic E-state index is 0.631. The van der Waals surface area contributed by atoms with Crippen molar-refractivity contribution in [2.75, 3.05) is 0 Å². The van der Waals surface area contributed by atoms with Crippen molar-refractivity contribution < 1.29 is 8.83 Å². The summed E-state index contributed by atoms with van der Waals surface area (Å²) < 4.78 is 15.7. The van der Waals surface area contributed by atoms with Crippen LogP contribution in [0.1, 0.15) is 5.56 Å². The Hall–Kier alpha value is -6.57. The Balaban J connectivity index is 1.37. The first-order chi connectivity index (χ1) is 23.3. The van der Waals surface area contributed by atoms with Crippen LogP contribution in [0.3, 0.4) is 0 Å². The third kappa shape index (κ3) is 3.15. The van der Waals surface area contributed by atoms with Gasteiger partial charge in [-0.25, -0.2) is 0 Å². The Morgan fingerprint density at radius 3 is 1.57 bits per heavy atom. The molecular formula is C43H22N2O2. The highest BCUT2D eigenvalue weighted by molar-refractivity contribution is 6.32. The van der Waals surface area contributed by atoms with Crippen molar-refractivity contribution in [2.24, 2.45) is 0 Å². The molecule has 0 spiro atoms. The topological polar surface area (TPSA) is 54.5 Å². The van der Waals surface area contributed by atoms with Crippen LogP contribution in [-0.4, -0.2) is 4.40 Å². The van der Waals surface area contributed by atoms with Crippen molar-refractivity contribution in [3.63, 3.8) is 0 Å². The van der Waals surface area contributed by atoms with Crippen LogP contribution in [0, 0.1) is 11.3 Å². The third-order valence-electron chi connectivity index (χ3n) is 9.95. The lowest BCUT2D eigenvalue weighted by Gasteiger charge is -2.12. The molecule has 0 aliphatic rings. The molecule has 0 fully saturated rings. The number of para-hydroxylation sites is 2. The molecule has 0 bridgehead atoms. The fourth-order valence-electron chi connectivity index (χ4n) is 7.93. The van der Waals surface area contributed by atoms with E-state index in [2.05, 4.69) is 101 Å². The second-order valence-electron chi connectivity index (χ2n) is 12.4. The van der Waals surface area contributed by atoms with Crippen LogP contribution < -0.4 is 0 Å². The zero-order chi connectivity index (χ0) is 30.8. The third-order valence-corrected chi connectivity index (χ3v) is 9.95. The first kappa shape index (κ1) is 24.7. The van der Waals surface area contributed by atoms with E-state index in [-0.39, 0.29) is 0 Å². The molecule has 11 rings (SSSR count). The van der Waals surface area contributed by atoms with Gasteiger partial charge in [0, 0.05) is 43.1 Å². The highest BCUT2D eigenvalue weighted by Crippen LogP contribution is 2.48. The molecule has 0 aliphatic heterocycles. The smallest absolute Gasteiger partial charge is 0.160 e. The van der Waals surface area contributed by atoms with E-state index in [4.69, 9.17) is 8.83 Å². The number of nitriles is 1. The van der Waals surface area contributed by atoms with Crippen LogP contribution in [0.25, 0.3) is 104 Å². The molecule has 216 valence electrons. The first-order valence-corrected chi connectivity index (χ1v) is 15.7. The molecule has 0 unspecified atom stereocenters. The summed E-state index contributed by atoms with van der Waals surface area (Å²) in [6.45, 7) is 0. The van der Waals surface area contributed by atoms with E-state index >= 15 is 0 Å². The number of hydrogen-bond acceptors (Lipinski definition) is 3. The van der Waals surface area contributed by atoms with E-state index in [0.717, 1.165) is 104 Å². The van der Waals surface area contributed by atoms with Crippen LogP contribution in [0.2, 0.25) is 0 Å². The summed E-state index contributed by atoms with van der Waals surface area (Å²) in [6.07, 6.45) is 0. The van der Waals surface area contributed by atoms with Crippen LogP contribution in [0.15, 0.2) is 142 Å². The minimum atomic E-state index is 0.631. The molecule has 4 heterocycles. The summed E-state index contributed by atoms with van der Waals surface area (Å²) in [7, 11) is 0. The number of nitrogens with zero attached hydrogens (tertiary/aromatic N) is 2. The lowest BCUT2D eigenvalue weighted by molar-refractivity contribution is 0.670. The van der Waals surface area contributed by atoms with Gasteiger partial charge < -0.3 is 13.2 Å². The van der Waals surface area contributed by atoms with E-state index in [1.807, 2.05) is 42.5 Å². The van der Waals surface area contributed by atoms with Gasteiger partial charge in [0.1, 0.15) is 11.2 Å². The van der Waals surface area contributed by atoms with Crippen LogP contribution in [-0.2, 0) is 0 Å². The zero-order valence-corrected chi connectivity index (χ0v) is 24.9. The Labute approximate surface area is 267 Å². The standard InChI is InChI=1S/C43H22N2O2/c44-23-24-14-15-27(25-8-2-1-3-9-25)34(20-24)26-21-35-30-16-18-32-28-10-4-6-12-37(28)46-42(32)40(30)45-39(35)36(22-26)31-17-19-33-29-11-5-7-13-38(29)47-43(33)41(31)45/h1-22H. The number of rotatable bonds is 2. The van der Waals surface area contributed by atoms with E-state index in [0.29, 0.717) is 5.56 Å². The van der Waals surface area contributed by atoms with Crippen LogP contribution >= 0.6 is 0 Å². The Bertz CT molecular complexity index is 2970. The van der Waals surface area contributed by atoms with Gasteiger partial charge in [0.25, 0.3) is 0 Å². The summed E-state index contributed by atoms with van der Waals surface area (Å²) in [5.41, 5.74) is 11.6. The summed E-state index contributed by atoms with van der Waals surface area (Å²) in [5, 5.41) is 18.8. The number of benzene rings is 7. The second kappa shape index (κ2) is 8.78. The molecule has 0 amide bonds. The fourth-order valence-corrected chi connectivity index (χ4v) is 7.93. The lowest BCUT2D eigenvalue weighted by Crippen LogP contribution is -1.88. The Morgan fingerprint density at radius 1 is 0.426 bits per heavy atom. The number of furan rings is 2. The van der Waals surface area contributed by atoms with Crippen molar-refractivity contribution >= 4 is 82.0 Å². The first-order valence-electron chi connectivity index (χ1n) is 15.7. The van der Waals surface area contributed by atoms with Gasteiger partial charge in [0.05, 0.1) is 28.2 Å². The van der Waals surface area contributed by atoms with Crippen molar-refractivity contribution in [2.45, 2.75) is 0 Å². The molecule has 7 aromatic carbocycles. The molecule has 0 N–H and O–H groups in total. The van der Waals surface area contributed by atoms with Gasteiger partial charge >= 0.3 is 0 Å². The van der Waals surface area contributed by atoms with Gasteiger partial charge in [-0.05, 0) is 70.8 Å². The van der Waals surface area contributed by atoms with Gasteiger partial charge in [-0.2, -0.15) is 5.26 Å². The molecule has 11 aromatic rings. The summed E-state index contributed by atoms with van der Waals surface area (Å²) in [4.78, 5) is 0. The van der Waals surface area contributed by atoms with E-state index in [1.54, 1.807) is 0 Å². The van der Waals surface area contributed by atoms with Crippen molar-refractivity contribution in [3.05, 3.63) is 139 Å². The Morgan fingerprint density at radius 2 is 0.979 bits per heavy atom. The van der Waals surface area contributed by atoms with Gasteiger partial charge in [0.2, 0.25) is 0 Å². The lowest BCUT2D eigenvalue weighted by atomic mass is 9.91. The summed E-state index contributed by atoms with van der Waals surface area (Å²) in [6, 6.07) is 48.7. The molecular weight excluding hydrogens is 576 g/mol. The molecule has 4 aromatic heterocycles. The van der Waals surface area contributed by atoms with E-state index in [9.17, 15) is 5.26 Å². The minimum Gasteiger partial charge on any atom is -0.454 e. The SMILES string of the molecule is N#Cc1ccc(-c2ccccc2)c(-c2cc3c4ccc5c6ccccc6oc5c4n4c3c(c2)c2ccc3c5ccccc5oc3c24)c1. The summed E-state index contributed by atoms with van der Waals surface area (Å²) in [5.74, 6) is 0. The van der Waals surface area contributed by atoms with E-state index < -0.39 is 0 Å². The second-order valence-corrected chi connectivity index (χ2v) is 12.4. The molecule has 0 aliphatic carbocycles. The Kier molecular flexibility index (Phi) is 4.62. The van der Waals surface area contributed by atoms with Gasteiger partial charge in [-0.15, -0.1) is 0 Å². The van der Waals surface area contributed by atoms with E-state index in [1.165, 1.54) is 0 Å². The number of hydrogen-bond donors (Lipinski definition) is 0. The summed E-state index contributed by atoms with van der Waals surface area (Å²) >= 11 is 0. The van der Waals surface area contributed by atoms with Crippen molar-refractivity contribution in [3.8, 4) is 28.3 Å². The maximum Gasteiger partial charge on any atom is 0.160 e. The predicted octanol–water partition coefficient (Wildman–Crippen LogP) is 11.8. The average molecular weight is 599 g/mol. The van der Waals surface area contributed by atoms with Gasteiger partial charge in [-0.1, -0.05) is 84.9 Å². The maximum absolute atomic E-state index is 9.94. The van der Waals surface area contributed by atoms with Gasteiger partial charge in [0.15, 0.2) is 11.2 Å². The van der Waals surface area contributed by atoms with Crippen LogP contribution in [0.5, 0.6) is 0 Å². The van der Waals surface area contributed by atoms with Crippen molar-refractivity contribution in [1.82, 2.24) is 4.40 Å². The fraction of sp³-hybridized carbons (Fsp3) is 0. The average Bonchev–Trinajstić information content (AvgIpc) is 3.87. The monoisotopic (exact) mass is 598 g/mol. The molecule has 0 saturated heterocycles. The molecule has 0 atom stereocenters. The maximum atomic E-state index is 9.94. The largest absolute Gasteiger partial charge is 0.454 e. The molecule has 0 saturated carbocycles. The normalized spacial score (nSPS) is 12.2. The molecule has 47 heavy (non-hydrogen) atoms. The highest BCUT2D eigenvalue weighted by atomic mass is 16.3. The quantitative estimate of drug-likeness (QED) is 0.199. The van der Waals surface area contributed by atoms with Crippen LogP contribution in [0.4, 0.5) is 0 Å². The molecule has 0 radical (unpaired) electrons.